The van der Waals surface area contributed by atoms with Crippen LogP contribution in [0, 0.1) is 11.3 Å². The van der Waals surface area contributed by atoms with Crippen molar-refractivity contribution >= 4 is 17.0 Å². The third-order valence-corrected chi connectivity index (χ3v) is 2.82. The van der Waals surface area contributed by atoms with Crippen LogP contribution in [0.2, 0.25) is 0 Å². The predicted molar refractivity (Wildman–Crippen MR) is 68.0 cm³/mol. The number of carbonyl (C=O) groups excluding carboxylic acids is 1. The van der Waals surface area contributed by atoms with Gasteiger partial charge in [-0.15, -0.1) is 0 Å². The molecular weight excluding hydrogens is 264 g/mol. The Labute approximate surface area is 112 Å². The first-order valence-corrected chi connectivity index (χ1v) is 5.56. The van der Waals surface area contributed by atoms with E-state index in [1.165, 1.54) is 19.3 Å². The van der Waals surface area contributed by atoms with Gasteiger partial charge in [-0.05, 0) is 6.07 Å². The van der Waals surface area contributed by atoms with Gasteiger partial charge in [0.05, 0.1) is 18.1 Å². The summed E-state index contributed by atoms with van der Waals surface area (Å²) in [5.41, 5.74) is -1.01. The van der Waals surface area contributed by atoms with Gasteiger partial charge in [0.1, 0.15) is 18.3 Å². The van der Waals surface area contributed by atoms with Crippen LogP contribution in [0.4, 0.5) is 0 Å². The minimum Gasteiger partial charge on any atom is -0.468 e. The molecule has 102 valence electrons. The summed E-state index contributed by atoms with van der Waals surface area (Å²) in [5.74, 6) is -0.715. The number of aromatic nitrogens is 3. The fraction of sp³-hybridized carbons (Fsp3) is 0.250. The molecule has 0 fully saturated rings. The molecule has 0 radical (unpaired) electrons. The monoisotopic (exact) mass is 274 g/mol. The minimum atomic E-state index is -0.715. The Morgan fingerprint density at radius 2 is 2.20 bits per heavy atom. The highest BCUT2D eigenvalue weighted by Crippen LogP contribution is 2.06. The van der Waals surface area contributed by atoms with Gasteiger partial charge in [0, 0.05) is 13.2 Å². The zero-order valence-corrected chi connectivity index (χ0v) is 10.8. The lowest BCUT2D eigenvalue weighted by Gasteiger charge is -2.09. The number of aryl methyl sites for hydroxylation is 1. The molecule has 8 nitrogen and oxygen atoms in total. The van der Waals surface area contributed by atoms with Gasteiger partial charge in [-0.3, -0.25) is 14.2 Å². The Bertz CT molecular complexity index is 857. The number of nitrogens with zero attached hydrogens (tertiary/aromatic N) is 4. The van der Waals surface area contributed by atoms with E-state index in [1.807, 2.05) is 6.07 Å². The van der Waals surface area contributed by atoms with Crippen LogP contribution in [0.15, 0.2) is 21.9 Å². The van der Waals surface area contributed by atoms with E-state index in [0.29, 0.717) is 0 Å². The highest BCUT2D eigenvalue weighted by atomic mass is 16.5. The summed E-state index contributed by atoms with van der Waals surface area (Å²) in [6, 6.07) is 3.19. The average molecular weight is 274 g/mol. The van der Waals surface area contributed by atoms with Crippen LogP contribution < -0.4 is 11.2 Å². The molecule has 0 spiro atoms. The van der Waals surface area contributed by atoms with Crippen molar-refractivity contribution in [2.45, 2.75) is 6.54 Å². The first-order valence-electron chi connectivity index (χ1n) is 5.56. The molecule has 2 aromatic heterocycles. The third-order valence-electron chi connectivity index (χ3n) is 2.82. The van der Waals surface area contributed by atoms with Gasteiger partial charge in [-0.25, -0.2) is 14.3 Å². The Balaban J connectivity index is 2.84. The largest absolute Gasteiger partial charge is 0.468 e. The van der Waals surface area contributed by atoms with Crippen LogP contribution in [-0.4, -0.2) is 27.2 Å². The Hall–Kier alpha value is -2.95. The highest BCUT2D eigenvalue weighted by molar-refractivity contribution is 5.76. The van der Waals surface area contributed by atoms with E-state index in [0.717, 1.165) is 16.2 Å². The van der Waals surface area contributed by atoms with Crippen LogP contribution in [0.25, 0.3) is 11.0 Å². The van der Waals surface area contributed by atoms with Gasteiger partial charge in [-0.2, -0.15) is 5.26 Å². The maximum absolute atomic E-state index is 12.2. The number of rotatable bonds is 2. The number of hydrogen-bond donors (Lipinski definition) is 0. The molecule has 0 aliphatic heterocycles. The van der Waals surface area contributed by atoms with Crippen molar-refractivity contribution in [3.63, 3.8) is 0 Å². The molecule has 2 aromatic rings. The van der Waals surface area contributed by atoms with Crippen LogP contribution in [0.5, 0.6) is 0 Å². The summed E-state index contributed by atoms with van der Waals surface area (Å²) in [4.78, 5) is 39.4. The summed E-state index contributed by atoms with van der Waals surface area (Å²) in [7, 11) is 2.59. The van der Waals surface area contributed by atoms with E-state index >= 15 is 0 Å². The number of methoxy groups -OCH3 is 1. The molecule has 0 amide bonds. The van der Waals surface area contributed by atoms with Crippen LogP contribution >= 0.6 is 0 Å². The van der Waals surface area contributed by atoms with E-state index in [4.69, 9.17) is 5.26 Å². The van der Waals surface area contributed by atoms with E-state index in [2.05, 4.69) is 9.72 Å². The third kappa shape index (κ3) is 2.05. The quantitative estimate of drug-likeness (QED) is 0.659. The Morgan fingerprint density at radius 1 is 1.50 bits per heavy atom. The maximum atomic E-state index is 12.2. The van der Waals surface area contributed by atoms with Gasteiger partial charge < -0.3 is 4.74 Å². The predicted octanol–water partition coefficient (Wildman–Crippen LogP) is -0.860. The minimum absolute atomic E-state index is 0.0926. The number of ether oxygens (including phenoxy) is 1. The standard InChI is InChI=1S/C12H10N4O4/c1-15-10-8(3-7(4-13)5-14-10)11(18)16(12(15)19)6-9(17)20-2/h3,5H,6H2,1-2H3. The van der Waals surface area contributed by atoms with E-state index in [1.54, 1.807) is 0 Å². The molecule has 0 aliphatic rings. The second kappa shape index (κ2) is 4.97. The van der Waals surface area contributed by atoms with Crippen molar-refractivity contribution in [1.29, 1.82) is 5.26 Å². The SMILES string of the molecule is COC(=O)Cn1c(=O)c2cc(C#N)cnc2n(C)c1=O. The number of fused-ring (bicyclic) bond motifs is 1. The van der Waals surface area contributed by atoms with Crippen LogP contribution in [-0.2, 0) is 23.1 Å². The molecule has 0 saturated heterocycles. The molecule has 0 aliphatic carbocycles. The molecule has 0 unspecified atom stereocenters. The number of hydrogen-bond acceptors (Lipinski definition) is 6. The summed E-state index contributed by atoms with van der Waals surface area (Å²) in [5, 5.41) is 8.92. The maximum Gasteiger partial charge on any atom is 0.332 e. The average Bonchev–Trinajstić information content (AvgIpc) is 2.48. The number of nitriles is 1. The van der Waals surface area contributed by atoms with Crippen molar-refractivity contribution in [3.05, 3.63) is 38.7 Å². The van der Waals surface area contributed by atoms with Crippen molar-refractivity contribution in [2.24, 2.45) is 7.05 Å². The van der Waals surface area contributed by atoms with Crippen molar-refractivity contribution in [3.8, 4) is 6.07 Å². The van der Waals surface area contributed by atoms with Crippen LogP contribution in [0.1, 0.15) is 5.56 Å². The zero-order chi connectivity index (χ0) is 14.9. The van der Waals surface area contributed by atoms with E-state index < -0.39 is 23.8 Å². The normalized spacial score (nSPS) is 10.2. The Morgan fingerprint density at radius 3 is 2.80 bits per heavy atom. The van der Waals surface area contributed by atoms with Gasteiger partial charge in [0.15, 0.2) is 0 Å². The van der Waals surface area contributed by atoms with Crippen LogP contribution in [0.3, 0.4) is 0 Å². The van der Waals surface area contributed by atoms with Crippen molar-refractivity contribution in [2.75, 3.05) is 7.11 Å². The molecule has 0 aromatic carbocycles. The summed E-state index contributed by atoms with van der Waals surface area (Å²) >= 11 is 0. The molecule has 2 rings (SSSR count). The highest BCUT2D eigenvalue weighted by Gasteiger charge is 2.15. The number of carbonyl (C=O) groups is 1. The van der Waals surface area contributed by atoms with Gasteiger partial charge >= 0.3 is 11.7 Å². The molecule has 0 atom stereocenters. The number of esters is 1. The first-order chi connectivity index (χ1) is 9.49. The first kappa shape index (κ1) is 13.5. The fourth-order valence-corrected chi connectivity index (χ4v) is 1.78. The van der Waals surface area contributed by atoms with E-state index in [9.17, 15) is 14.4 Å². The summed E-state index contributed by atoms with van der Waals surface area (Å²) in [6.07, 6.45) is 1.27. The Kier molecular flexibility index (Phi) is 3.35. The fourth-order valence-electron chi connectivity index (χ4n) is 1.78. The lowest BCUT2D eigenvalue weighted by molar-refractivity contribution is -0.141. The van der Waals surface area contributed by atoms with Crippen molar-refractivity contribution < 1.29 is 9.53 Å². The van der Waals surface area contributed by atoms with Gasteiger partial charge in [0.2, 0.25) is 0 Å². The molecule has 2 heterocycles. The zero-order valence-electron chi connectivity index (χ0n) is 10.8. The molecular formula is C12H10N4O4. The lowest BCUT2D eigenvalue weighted by atomic mass is 10.2. The summed E-state index contributed by atoms with van der Waals surface area (Å²) < 4.78 is 6.33. The molecule has 8 heteroatoms. The molecule has 20 heavy (non-hydrogen) atoms. The molecule has 0 bridgehead atoms. The molecule has 0 N–H and O–H groups in total. The molecule has 0 saturated carbocycles. The smallest absolute Gasteiger partial charge is 0.332 e. The van der Waals surface area contributed by atoms with Gasteiger partial charge in [0.25, 0.3) is 5.56 Å². The second-order valence-corrected chi connectivity index (χ2v) is 4.02. The number of pyridine rings is 1. The topological polar surface area (TPSA) is 107 Å². The van der Waals surface area contributed by atoms with Gasteiger partial charge in [-0.1, -0.05) is 0 Å². The van der Waals surface area contributed by atoms with E-state index in [-0.39, 0.29) is 16.6 Å². The van der Waals surface area contributed by atoms with Crippen molar-refractivity contribution in [1.82, 2.24) is 14.1 Å². The lowest BCUT2D eigenvalue weighted by Crippen LogP contribution is -2.41. The summed E-state index contributed by atoms with van der Waals surface area (Å²) in [6.45, 7) is -0.491. The second-order valence-electron chi connectivity index (χ2n) is 4.02.